The van der Waals surface area contributed by atoms with Gasteiger partial charge in [-0.15, -0.1) is 11.6 Å². The number of hydrogen-bond acceptors (Lipinski definition) is 5. The summed E-state index contributed by atoms with van der Waals surface area (Å²) < 4.78 is 4.65. The minimum Gasteiger partial charge on any atom is -0.394 e. The third kappa shape index (κ3) is 1.71. The molecule has 1 aliphatic rings. The van der Waals surface area contributed by atoms with Crippen LogP contribution in [0.15, 0.2) is 0 Å². The van der Waals surface area contributed by atoms with E-state index in [1.54, 1.807) is 0 Å². The Bertz CT molecular complexity index is 150. The summed E-state index contributed by atoms with van der Waals surface area (Å²) in [6.45, 7) is -0.450. The molecule has 0 aromatic carbocycles. The fourth-order valence-corrected chi connectivity index (χ4v) is 1.34. The third-order valence-electron chi connectivity index (χ3n) is 1.82. The summed E-state index contributed by atoms with van der Waals surface area (Å²) >= 11 is 5.53. The molecule has 1 saturated heterocycles. The molecule has 1 aliphatic heterocycles. The molecular weight excluding hydrogens is 188 g/mol. The van der Waals surface area contributed by atoms with Gasteiger partial charge in [-0.2, -0.15) is 0 Å². The summed E-state index contributed by atoms with van der Waals surface area (Å²) in [6, 6.07) is 0. The van der Waals surface area contributed by atoms with Gasteiger partial charge in [0.25, 0.3) is 0 Å². The summed E-state index contributed by atoms with van der Waals surface area (Å²) in [6.07, 6.45) is -4.89. The fraction of sp³-hybridized carbons (Fsp3) is 1.00. The Hall–Kier alpha value is 0.0900. The SMILES string of the molecule is OC[C@H]1O[C@@H](O)[C@H](O)[C@@H](Cl)[C@@H]1O. The number of aliphatic hydroxyl groups excluding tert-OH is 4. The topological polar surface area (TPSA) is 90.2 Å². The van der Waals surface area contributed by atoms with Crippen molar-refractivity contribution in [1.82, 2.24) is 0 Å². The Morgan fingerprint density at radius 1 is 1.17 bits per heavy atom. The van der Waals surface area contributed by atoms with Crippen molar-refractivity contribution < 1.29 is 25.2 Å². The lowest BCUT2D eigenvalue weighted by atomic mass is 10.0. The number of alkyl halides is 1. The van der Waals surface area contributed by atoms with Crippen LogP contribution in [-0.2, 0) is 4.74 Å². The standard InChI is InChI=1S/C6H11ClO5/c7-3-4(9)2(1-8)12-6(11)5(3)10/h2-6,8-11H,1H2/t2-,3+,4-,5-,6-/m1/s1. The van der Waals surface area contributed by atoms with E-state index in [0.29, 0.717) is 0 Å². The summed E-state index contributed by atoms with van der Waals surface area (Å²) in [7, 11) is 0. The zero-order valence-corrected chi connectivity index (χ0v) is 6.92. The molecule has 72 valence electrons. The normalized spacial score (nSPS) is 49.2. The lowest BCUT2D eigenvalue weighted by Crippen LogP contribution is -2.56. The van der Waals surface area contributed by atoms with Crippen molar-refractivity contribution in [2.24, 2.45) is 0 Å². The second-order valence-corrected chi connectivity index (χ2v) is 3.18. The van der Waals surface area contributed by atoms with Crippen LogP contribution in [0.1, 0.15) is 0 Å². The van der Waals surface area contributed by atoms with Crippen LogP contribution >= 0.6 is 11.6 Å². The largest absolute Gasteiger partial charge is 0.394 e. The number of hydrogen-bond donors (Lipinski definition) is 4. The van der Waals surface area contributed by atoms with Gasteiger partial charge < -0.3 is 25.2 Å². The molecule has 0 unspecified atom stereocenters. The number of aliphatic hydroxyl groups is 4. The number of ether oxygens (including phenoxy) is 1. The summed E-state index contributed by atoms with van der Waals surface area (Å²) in [5.41, 5.74) is 0. The van der Waals surface area contributed by atoms with Crippen LogP contribution in [0, 0.1) is 0 Å². The predicted molar refractivity (Wildman–Crippen MR) is 39.6 cm³/mol. The van der Waals surface area contributed by atoms with E-state index >= 15 is 0 Å². The molecular formula is C6H11ClO5. The van der Waals surface area contributed by atoms with Gasteiger partial charge in [-0.3, -0.25) is 0 Å². The van der Waals surface area contributed by atoms with Crippen LogP contribution in [0.5, 0.6) is 0 Å². The second-order valence-electron chi connectivity index (χ2n) is 2.67. The van der Waals surface area contributed by atoms with Gasteiger partial charge in [0.2, 0.25) is 0 Å². The Morgan fingerprint density at radius 3 is 2.25 bits per heavy atom. The summed E-state index contributed by atoms with van der Waals surface area (Å²) in [4.78, 5) is 0. The molecule has 0 amide bonds. The molecule has 12 heavy (non-hydrogen) atoms. The maximum Gasteiger partial charge on any atom is 0.182 e. The van der Waals surface area contributed by atoms with Crippen LogP contribution in [0.25, 0.3) is 0 Å². The quantitative estimate of drug-likeness (QED) is 0.367. The monoisotopic (exact) mass is 198 g/mol. The Balaban J connectivity index is 2.63. The van der Waals surface area contributed by atoms with E-state index in [1.165, 1.54) is 0 Å². The molecule has 1 heterocycles. The molecule has 5 nitrogen and oxygen atoms in total. The lowest BCUT2D eigenvalue weighted by molar-refractivity contribution is -0.249. The van der Waals surface area contributed by atoms with E-state index in [0.717, 1.165) is 0 Å². The smallest absolute Gasteiger partial charge is 0.182 e. The maximum absolute atomic E-state index is 9.24. The lowest BCUT2D eigenvalue weighted by Gasteiger charge is -2.37. The first-order valence-corrected chi connectivity index (χ1v) is 3.96. The van der Waals surface area contributed by atoms with Gasteiger partial charge in [0.1, 0.15) is 18.3 Å². The molecule has 0 aliphatic carbocycles. The van der Waals surface area contributed by atoms with Crippen LogP contribution in [0.3, 0.4) is 0 Å². The van der Waals surface area contributed by atoms with Crippen molar-refractivity contribution in [2.75, 3.05) is 6.61 Å². The second kappa shape index (κ2) is 3.87. The van der Waals surface area contributed by atoms with Crippen molar-refractivity contribution in [2.45, 2.75) is 30.0 Å². The molecule has 0 spiro atoms. The van der Waals surface area contributed by atoms with Crippen molar-refractivity contribution >= 4 is 11.6 Å². The molecule has 5 atom stereocenters. The number of rotatable bonds is 1. The molecule has 0 saturated carbocycles. The average molecular weight is 199 g/mol. The zero-order chi connectivity index (χ0) is 9.30. The highest BCUT2D eigenvalue weighted by Gasteiger charge is 2.42. The van der Waals surface area contributed by atoms with Crippen LogP contribution in [0.2, 0.25) is 0 Å². The Morgan fingerprint density at radius 2 is 1.75 bits per heavy atom. The zero-order valence-electron chi connectivity index (χ0n) is 6.17. The highest BCUT2D eigenvalue weighted by atomic mass is 35.5. The van der Waals surface area contributed by atoms with Crippen molar-refractivity contribution in [1.29, 1.82) is 0 Å². The molecule has 0 aromatic rings. The first kappa shape index (κ1) is 10.2. The Kier molecular flexibility index (Phi) is 3.28. The molecule has 0 aromatic heterocycles. The molecule has 4 N–H and O–H groups in total. The van der Waals surface area contributed by atoms with E-state index in [2.05, 4.69) is 4.74 Å². The van der Waals surface area contributed by atoms with E-state index in [-0.39, 0.29) is 0 Å². The fourth-order valence-electron chi connectivity index (χ4n) is 1.06. The van der Waals surface area contributed by atoms with E-state index in [4.69, 9.17) is 26.9 Å². The average Bonchev–Trinajstić information content (AvgIpc) is 2.08. The minimum atomic E-state index is -1.45. The third-order valence-corrected chi connectivity index (χ3v) is 2.34. The highest BCUT2D eigenvalue weighted by Crippen LogP contribution is 2.23. The predicted octanol–water partition coefficient (Wildman–Crippen LogP) is -1.97. The minimum absolute atomic E-state index is 0.450. The van der Waals surface area contributed by atoms with Crippen LogP contribution in [0.4, 0.5) is 0 Å². The number of halogens is 1. The van der Waals surface area contributed by atoms with Crippen molar-refractivity contribution in [3.8, 4) is 0 Å². The van der Waals surface area contributed by atoms with Crippen LogP contribution < -0.4 is 0 Å². The van der Waals surface area contributed by atoms with Gasteiger partial charge in [0.15, 0.2) is 6.29 Å². The van der Waals surface area contributed by atoms with Gasteiger partial charge in [0, 0.05) is 0 Å². The maximum atomic E-state index is 9.24. The van der Waals surface area contributed by atoms with Crippen LogP contribution in [-0.4, -0.2) is 57.0 Å². The summed E-state index contributed by atoms with van der Waals surface area (Å²) in [5.74, 6) is 0. The summed E-state index contributed by atoms with van der Waals surface area (Å²) in [5, 5.41) is 34.9. The van der Waals surface area contributed by atoms with E-state index in [9.17, 15) is 5.11 Å². The van der Waals surface area contributed by atoms with Gasteiger partial charge >= 0.3 is 0 Å². The molecule has 6 heteroatoms. The van der Waals surface area contributed by atoms with Crippen molar-refractivity contribution in [3.05, 3.63) is 0 Å². The van der Waals surface area contributed by atoms with Crippen molar-refractivity contribution in [3.63, 3.8) is 0 Å². The Labute approximate surface area is 74.2 Å². The molecule has 0 radical (unpaired) electrons. The molecule has 0 bridgehead atoms. The highest BCUT2D eigenvalue weighted by molar-refractivity contribution is 6.21. The molecule has 1 rings (SSSR count). The van der Waals surface area contributed by atoms with E-state index < -0.39 is 36.6 Å². The van der Waals surface area contributed by atoms with Gasteiger partial charge in [0.05, 0.1) is 12.0 Å². The van der Waals surface area contributed by atoms with Gasteiger partial charge in [-0.1, -0.05) is 0 Å². The van der Waals surface area contributed by atoms with Gasteiger partial charge in [-0.25, -0.2) is 0 Å². The first-order valence-electron chi connectivity index (χ1n) is 3.52. The molecule has 1 fully saturated rings. The van der Waals surface area contributed by atoms with Gasteiger partial charge in [-0.05, 0) is 0 Å². The first-order chi connectivity index (χ1) is 5.57. The van der Waals surface area contributed by atoms with E-state index in [1.807, 2.05) is 0 Å².